The Balaban J connectivity index is 0.00000243. The molecule has 0 saturated heterocycles. The van der Waals surface area contributed by atoms with Crippen LogP contribution in [0.5, 0.6) is 5.75 Å². The molecule has 0 fully saturated rings. The molecule has 26 heavy (non-hydrogen) atoms. The Kier molecular flexibility index (Phi) is 7.65. The fraction of sp³-hybridized carbons (Fsp3) is 0.316. The molecule has 1 aliphatic heterocycles. The largest absolute Gasteiger partial charge is 0.467 e. The lowest BCUT2D eigenvalue weighted by Gasteiger charge is -2.22. The molecule has 0 saturated carbocycles. The molecule has 0 aliphatic carbocycles. The van der Waals surface area contributed by atoms with Crippen molar-refractivity contribution in [1.82, 2.24) is 10.2 Å². The Morgan fingerprint density at radius 3 is 2.73 bits per heavy atom. The smallest absolute Gasteiger partial charge is 0.194 e. The van der Waals surface area contributed by atoms with Crippen LogP contribution < -0.4 is 10.1 Å². The minimum Gasteiger partial charge on any atom is -0.467 e. The van der Waals surface area contributed by atoms with E-state index >= 15 is 0 Å². The van der Waals surface area contributed by atoms with Gasteiger partial charge in [0.2, 0.25) is 0 Å². The van der Waals surface area contributed by atoms with Gasteiger partial charge in [-0.05, 0) is 17.7 Å². The number of nitrogens with one attached hydrogen (secondary N) is 1. The van der Waals surface area contributed by atoms with Gasteiger partial charge >= 0.3 is 0 Å². The molecule has 0 atom stereocenters. The van der Waals surface area contributed by atoms with Crippen molar-refractivity contribution in [2.24, 2.45) is 4.99 Å². The van der Waals surface area contributed by atoms with E-state index in [0.717, 1.165) is 22.6 Å². The zero-order chi connectivity index (χ0) is 17.6. The normalized spacial score (nSPS) is 13.3. The average Bonchev–Trinajstić information content (AvgIpc) is 2.62. The average molecular weight is 471 g/mol. The molecule has 7 heteroatoms. The first kappa shape index (κ1) is 20.4. The second-order valence-electron chi connectivity index (χ2n) is 6.04. The Morgan fingerprint density at radius 1 is 1.23 bits per heavy atom. The molecule has 0 radical (unpaired) electrons. The van der Waals surface area contributed by atoms with E-state index in [1.165, 1.54) is 12.1 Å². The van der Waals surface area contributed by atoms with Crippen LogP contribution in [-0.4, -0.2) is 31.7 Å². The van der Waals surface area contributed by atoms with Crippen molar-refractivity contribution in [3.05, 3.63) is 65.0 Å². The number of fused-ring (bicyclic) bond motifs is 1. The van der Waals surface area contributed by atoms with Gasteiger partial charge < -0.3 is 19.7 Å². The molecule has 0 aromatic heterocycles. The number of guanidine groups is 1. The lowest BCUT2D eigenvalue weighted by molar-refractivity contribution is -0.0173. The highest BCUT2D eigenvalue weighted by molar-refractivity contribution is 14.0. The fourth-order valence-corrected chi connectivity index (χ4v) is 2.67. The predicted octanol–water partition coefficient (Wildman–Crippen LogP) is 3.52. The van der Waals surface area contributed by atoms with Gasteiger partial charge in [0.25, 0.3) is 0 Å². The lowest BCUT2D eigenvalue weighted by atomic mass is 10.1. The van der Waals surface area contributed by atoms with Crippen molar-refractivity contribution in [2.75, 3.05) is 20.9 Å². The summed E-state index contributed by atoms with van der Waals surface area (Å²) in [5, 5.41) is 3.27. The zero-order valence-corrected chi connectivity index (χ0v) is 17.2. The highest BCUT2D eigenvalue weighted by atomic mass is 127. The van der Waals surface area contributed by atoms with Crippen LogP contribution in [0, 0.1) is 5.82 Å². The molecule has 1 N–H and O–H groups in total. The van der Waals surface area contributed by atoms with E-state index in [1.54, 1.807) is 0 Å². The van der Waals surface area contributed by atoms with Gasteiger partial charge in [0, 0.05) is 31.8 Å². The summed E-state index contributed by atoms with van der Waals surface area (Å²) in [4.78, 5) is 6.52. The number of hydrogen-bond acceptors (Lipinski definition) is 3. The lowest BCUT2D eigenvalue weighted by Crippen LogP contribution is -2.36. The quantitative estimate of drug-likeness (QED) is 0.421. The molecule has 5 nitrogen and oxygen atoms in total. The molecule has 2 aromatic rings. The van der Waals surface area contributed by atoms with Crippen molar-refractivity contribution in [2.45, 2.75) is 19.7 Å². The van der Waals surface area contributed by atoms with Crippen molar-refractivity contribution in [3.8, 4) is 5.75 Å². The maximum atomic E-state index is 13.8. The second-order valence-corrected chi connectivity index (χ2v) is 6.04. The van der Waals surface area contributed by atoms with E-state index in [0.29, 0.717) is 25.4 Å². The maximum absolute atomic E-state index is 13.8. The first-order valence-corrected chi connectivity index (χ1v) is 8.15. The van der Waals surface area contributed by atoms with Crippen LogP contribution in [0.15, 0.2) is 47.5 Å². The van der Waals surface area contributed by atoms with Crippen LogP contribution in [-0.2, 0) is 24.4 Å². The summed E-state index contributed by atoms with van der Waals surface area (Å²) in [7, 11) is 3.84. The molecule has 0 bridgehead atoms. The van der Waals surface area contributed by atoms with E-state index < -0.39 is 0 Å². The van der Waals surface area contributed by atoms with Gasteiger partial charge in [-0.1, -0.05) is 30.3 Å². The zero-order valence-electron chi connectivity index (χ0n) is 14.9. The van der Waals surface area contributed by atoms with E-state index in [2.05, 4.69) is 10.3 Å². The summed E-state index contributed by atoms with van der Waals surface area (Å²) < 4.78 is 24.6. The van der Waals surface area contributed by atoms with Crippen molar-refractivity contribution in [1.29, 1.82) is 0 Å². The first-order valence-electron chi connectivity index (χ1n) is 8.15. The van der Waals surface area contributed by atoms with Crippen molar-refractivity contribution < 1.29 is 13.9 Å². The Bertz CT molecular complexity index is 754. The standard InChI is InChI=1S/C19H22FN3O2.HI/c1-23(2)19(21-10-14-6-4-3-5-7-14)22-11-15-8-17(20)9-16-12-24-13-25-18(15)16;/h3-9H,10-13H2,1-2H3,(H,21,22);1H. The topological polar surface area (TPSA) is 46.1 Å². The second kappa shape index (κ2) is 9.72. The van der Waals surface area contributed by atoms with Crippen molar-refractivity contribution >= 4 is 29.9 Å². The van der Waals surface area contributed by atoms with E-state index in [4.69, 9.17) is 9.47 Å². The molecular weight excluding hydrogens is 448 g/mol. The molecule has 2 aromatic carbocycles. The summed E-state index contributed by atoms with van der Waals surface area (Å²) >= 11 is 0. The number of aliphatic imine (C=N–C) groups is 1. The SMILES string of the molecule is CN(C)C(=NCc1ccccc1)NCc1cc(F)cc2c1OCOC2.I. The molecule has 1 aliphatic rings. The van der Waals surface area contributed by atoms with Crippen LogP contribution in [0.2, 0.25) is 0 Å². The highest BCUT2D eigenvalue weighted by Gasteiger charge is 2.17. The summed E-state index contributed by atoms with van der Waals surface area (Å²) in [5.41, 5.74) is 2.62. The Labute approximate surface area is 170 Å². The molecular formula is C19H23FIN3O2. The van der Waals surface area contributed by atoms with Crippen LogP contribution in [0.25, 0.3) is 0 Å². The van der Waals surface area contributed by atoms with Crippen molar-refractivity contribution in [3.63, 3.8) is 0 Å². The molecule has 1 heterocycles. The molecule has 140 valence electrons. The van der Waals surface area contributed by atoms with E-state index in [1.807, 2.05) is 49.3 Å². The third-order valence-corrected chi connectivity index (χ3v) is 3.87. The molecule has 0 spiro atoms. The van der Waals surface area contributed by atoms with E-state index in [9.17, 15) is 4.39 Å². The van der Waals surface area contributed by atoms with Gasteiger partial charge in [0.05, 0.1) is 13.2 Å². The third-order valence-electron chi connectivity index (χ3n) is 3.87. The minimum atomic E-state index is -0.294. The van der Waals surface area contributed by atoms with Crippen LogP contribution in [0.3, 0.4) is 0 Å². The van der Waals surface area contributed by atoms with Gasteiger partial charge in [0.15, 0.2) is 12.8 Å². The van der Waals surface area contributed by atoms with Gasteiger partial charge in [-0.2, -0.15) is 0 Å². The van der Waals surface area contributed by atoms with Gasteiger partial charge in [-0.25, -0.2) is 9.38 Å². The Hall–Kier alpha value is -1.87. The molecule has 0 amide bonds. The fourth-order valence-electron chi connectivity index (χ4n) is 2.67. The molecule has 3 rings (SSSR count). The van der Waals surface area contributed by atoms with Crippen LogP contribution >= 0.6 is 24.0 Å². The summed E-state index contributed by atoms with van der Waals surface area (Å²) in [6.45, 7) is 1.55. The summed E-state index contributed by atoms with van der Waals surface area (Å²) in [6, 6.07) is 13.0. The first-order chi connectivity index (χ1) is 12.1. The van der Waals surface area contributed by atoms with Crippen LogP contribution in [0.1, 0.15) is 16.7 Å². The number of ether oxygens (including phenoxy) is 2. The number of benzene rings is 2. The minimum absolute atomic E-state index is 0. The predicted molar refractivity (Wildman–Crippen MR) is 110 cm³/mol. The van der Waals surface area contributed by atoms with Gasteiger partial charge in [0.1, 0.15) is 11.6 Å². The number of nitrogens with zero attached hydrogens (tertiary/aromatic N) is 2. The summed E-state index contributed by atoms with van der Waals surface area (Å²) in [6.07, 6.45) is 0. The van der Waals surface area contributed by atoms with E-state index in [-0.39, 0.29) is 36.6 Å². The summed E-state index contributed by atoms with van der Waals surface area (Å²) in [5.74, 6) is 1.13. The maximum Gasteiger partial charge on any atom is 0.194 e. The molecule has 0 unspecified atom stereocenters. The monoisotopic (exact) mass is 471 g/mol. The number of rotatable bonds is 4. The Morgan fingerprint density at radius 2 is 2.00 bits per heavy atom. The van der Waals surface area contributed by atoms with Crippen LogP contribution in [0.4, 0.5) is 4.39 Å². The van der Waals surface area contributed by atoms with Gasteiger partial charge in [-0.3, -0.25) is 0 Å². The highest BCUT2D eigenvalue weighted by Crippen LogP contribution is 2.29. The number of hydrogen-bond donors (Lipinski definition) is 1. The third kappa shape index (κ3) is 5.31. The number of halogens is 2. The van der Waals surface area contributed by atoms with Gasteiger partial charge in [-0.15, -0.1) is 24.0 Å².